The van der Waals surface area contributed by atoms with Crippen molar-refractivity contribution in [3.05, 3.63) is 0 Å². The number of hydrogen-bond donors (Lipinski definition) is 1. The molecule has 1 saturated heterocycles. The van der Waals surface area contributed by atoms with Crippen molar-refractivity contribution in [3.63, 3.8) is 0 Å². The van der Waals surface area contributed by atoms with Crippen molar-refractivity contribution in [2.45, 2.75) is 38.6 Å². The highest BCUT2D eigenvalue weighted by molar-refractivity contribution is 5.81. The molecule has 0 aromatic rings. The number of morpholine rings is 1. The summed E-state index contributed by atoms with van der Waals surface area (Å²) >= 11 is 0. The summed E-state index contributed by atoms with van der Waals surface area (Å²) in [4.78, 5) is 14.2. The second-order valence-electron chi connectivity index (χ2n) is 5.62. The smallest absolute Gasteiger partial charge is 0.137 e. The molecule has 104 valence electrons. The van der Waals surface area contributed by atoms with Crippen molar-refractivity contribution in [2.75, 3.05) is 32.9 Å². The molecule has 3 atom stereocenters. The van der Waals surface area contributed by atoms with E-state index in [1.807, 2.05) is 0 Å². The Morgan fingerprint density at radius 1 is 1.50 bits per heavy atom. The van der Waals surface area contributed by atoms with Gasteiger partial charge in [-0.15, -0.1) is 0 Å². The Morgan fingerprint density at radius 3 is 3.06 bits per heavy atom. The molecular formula is C14H25NO3. The fourth-order valence-electron chi connectivity index (χ4n) is 3.13. The highest BCUT2D eigenvalue weighted by atomic mass is 16.5. The first-order valence-electron chi connectivity index (χ1n) is 7.20. The zero-order chi connectivity index (χ0) is 13.0. The molecule has 0 amide bonds. The first-order chi connectivity index (χ1) is 8.74. The maximum absolute atomic E-state index is 12.0. The van der Waals surface area contributed by atoms with Crippen LogP contribution >= 0.6 is 0 Å². The van der Waals surface area contributed by atoms with E-state index < -0.39 is 0 Å². The van der Waals surface area contributed by atoms with Gasteiger partial charge < -0.3 is 9.84 Å². The summed E-state index contributed by atoms with van der Waals surface area (Å²) in [7, 11) is 0. The van der Waals surface area contributed by atoms with E-state index in [0.717, 1.165) is 32.4 Å². The lowest BCUT2D eigenvalue weighted by Crippen LogP contribution is -2.50. The molecule has 2 aliphatic rings. The molecule has 4 heteroatoms. The second-order valence-corrected chi connectivity index (χ2v) is 5.62. The Bertz CT molecular complexity index is 282. The van der Waals surface area contributed by atoms with Gasteiger partial charge in [0.25, 0.3) is 0 Å². The van der Waals surface area contributed by atoms with E-state index >= 15 is 0 Å². The molecule has 18 heavy (non-hydrogen) atoms. The third-order valence-corrected chi connectivity index (χ3v) is 4.46. The molecular weight excluding hydrogens is 230 g/mol. The largest absolute Gasteiger partial charge is 0.395 e. The number of hydrogen-bond acceptors (Lipinski definition) is 4. The maximum Gasteiger partial charge on any atom is 0.137 e. The number of ether oxygens (including phenoxy) is 1. The van der Waals surface area contributed by atoms with Crippen LogP contribution in [-0.2, 0) is 9.53 Å². The third-order valence-electron chi connectivity index (χ3n) is 4.46. The average Bonchev–Trinajstić information content (AvgIpc) is 2.42. The fourth-order valence-corrected chi connectivity index (χ4v) is 3.13. The molecule has 1 heterocycles. The van der Waals surface area contributed by atoms with Crippen molar-refractivity contribution in [1.29, 1.82) is 0 Å². The average molecular weight is 255 g/mol. The minimum absolute atomic E-state index is 0.0774. The van der Waals surface area contributed by atoms with Gasteiger partial charge >= 0.3 is 0 Å². The second kappa shape index (κ2) is 6.64. The molecule has 0 spiro atoms. The van der Waals surface area contributed by atoms with E-state index in [-0.39, 0.29) is 18.6 Å². The molecule has 0 bridgehead atoms. The molecule has 0 aromatic carbocycles. The predicted octanol–water partition coefficient (Wildman–Crippen LogP) is 1.07. The van der Waals surface area contributed by atoms with E-state index in [0.29, 0.717) is 24.9 Å². The maximum atomic E-state index is 12.0. The summed E-state index contributed by atoms with van der Waals surface area (Å²) in [5.41, 5.74) is 0. The van der Waals surface area contributed by atoms with Gasteiger partial charge in [-0.25, -0.2) is 0 Å². The van der Waals surface area contributed by atoms with Crippen molar-refractivity contribution >= 4 is 5.78 Å². The minimum atomic E-state index is 0.0774. The number of aliphatic hydroxyl groups is 1. The van der Waals surface area contributed by atoms with Gasteiger partial charge in [0.15, 0.2) is 0 Å². The number of nitrogens with zero attached hydrogens (tertiary/aromatic N) is 1. The quantitative estimate of drug-likeness (QED) is 0.816. The van der Waals surface area contributed by atoms with Crippen LogP contribution in [0.2, 0.25) is 0 Å². The van der Waals surface area contributed by atoms with Crippen molar-refractivity contribution in [2.24, 2.45) is 11.8 Å². The Labute approximate surface area is 109 Å². The van der Waals surface area contributed by atoms with Crippen LogP contribution in [0, 0.1) is 11.8 Å². The van der Waals surface area contributed by atoms with Gasteiger partial charge in [0, 0.05) is 25.4 Å². The molecule has 4 nitrogen and oxygen atoms in total. The monoisotopic (exact) mass is 255 g/mol. The summed E-state index contributed by atoms with van der Waals surface area (Å²) in [5, 5.41) is 9.35. The molecule has 1 aliphatic heterocycles. The van der Waals surface area contributed by atoms with Gasteiger partial charge in [-0.3, -0.25) is 9.69 Å². The van der Waals surface area contributed by atoms with Gasteiger partial charge in [0.2, 0.25) is 0 Å². The number of carbonyl (C=O) groups is 1. The van der Waals surface area contributed by atoms with Crippen LogP contribution in [0.5, 0.6) is 0 Å². The van der Waals surface area contributed by atoms with Gasteiger partial charge in [0.1, 0.15) is 5.78 Å². The molecule has 0 aromatic heterocycles. The van der Waals surface area contributed by atoms with Gasteiger partial charge in [-0.2, -0.15) is 0 Å². The van der Waals surface area contributed by atoms with E-state index in [9.17, 15) is 9.90 Å². The highest BCUT2D eigenvalue weighted by Crippen LogP contribution is 2.29. The molecule has 1 saturated carbocycles. The summed E-state index contributed by atoms with van der Waals surface area (Å²) in [6.45, 7) is 5.29. The first-order valence-corrected chi connectivity index (χ1v) is 7.20. The zero-order valence-corrected chi connectivity index (χ0v) is 11.3. The molecule has 1 aliphatic carbocycles. The lowest BCUT2D eigenvalue weighted by Gasteiger charge is -2.38. The van der Waals surface area contributed by atoms with Crippen LogP contribution < -0.4 is 0 Å². The van der Waals surface area contributed by atoms with Crippen LogP contribution in [0.15, 0.2) is 0 Å². The van der Waals surface area contributed by atoms with E-state index in [2.05, 4.69) is 11.8 Å². The Balaban J connectivity index is 1.91. The van der Waals surface area contributed by atoms with Gasteiger partial charge in [-0.05, 0) is 18.8 Å². The zero-order valence-electron chi connectivity index (χ0n) is 11.3. The Hall–Kier alpha value is -0.450. The number of ketones is 1. The fraction of sp³-hybridized carbons (Fsp3) is 0.929. The van der Waals surface area contributed by atoms with Crippen LogP contribution in [0.4, 0.5) is 0 Å². The predicted molar refractivity (Wildman–Crippen MR) is 69.4 cm³/mol. The molecule has 0 radical (unpaired) electrons. The SMILES string of the molecule is CCC1CCC(=O)C(CN2CCOCC2CO)C1. The third kappa shape index (κ3) is 3.31. The summed E-state index contributed by atoms with van der Waals surface area (Å²) in [6, 6.07) is 0.0774. The normalized spacial score (nSPS) is 34.8. The van der Waals surface area contributed by atoms with Gasteiger partial charge in [-0.1, -0.05) is 13.3 Å². The molecule has 2 fully saturated rings. The Kier molecular flexibility index (Phi) is 5.15. The number of rotatable bonds is 4. The standard InChI is InChI=1S/C14H25NO3/c1-2-11-3-4-14(17)12(7-11)8-15-5-6-18-10-13(15)9-16/h11-13,16H,2-10H2,1H3. The van der Waals surface area contributed by atoms with Crippen molar-refractivity contribution < 1.29 is 14.6 Å². The molecule has 1 N–H and O–H groups in total. The lowest BCUT2D eigenvalue weighted by molar-refractivity contribution is -0.127. The summed E-state index contributed by atoms with van der Waals surface area (Å²) in [5.74, 6) is 1.31. The summed E-state index contributed by atoms with van der Waals surface area (Å²) < 4.78 is 5.37. The highest BCUT2D eigenvalue weighted by Gasteiger charge is 2.32. The van der Waals surface area contributed by atoms with Crippen LogP contribution in [0.25, 0.3) is 0 Å². The minimum Gasteiger partial charge on any atom is -0.395 e. The van der Waals surface area contributed by atoms with Crippen molar-refractivity contribution in [1.82, 2.24) is 4.90 Å². The number of carbonyl (C=O) groups excluding carboxylic acids is 1. The van der Waals surface area contributed by atoms with E-state index in [1.54, 1.807) is 0 Å². The van der Waals surface area contributed by atoms with E-state index in [1.165, 1.54) is 6.42 Å². The van der Waals surface area contributed by atoms with Crippen LogP contribution in [-0.4, -0.2) is 54.7 Å². The molecule has 2 rings (SSSR count). The van der Waals surface area contributed by atoms with Gasteiger partial charge in [0.05, 0.1) is 25.9 Å². The first kappa shape index (κ1) is 14.0. The lowest BCUT2D eigenvalue weighted by atomic mass is 9.79. The summed E-state index contributed by atoms with van der Waals surface area (Å²) in [6.07, 6.45) is 4.02. The van der Waals surface area contributed by atoms with E-state index in [4.69, 9.17) is 4.74 Å². The Morgan fingerprint density at radius 2 is 2.33 bits per heavy atom. The topological polar surface area (TPSA) is 49.8 Å². The number of Topliss-reactive ketones (excluding diaryl/α,β-unsaturated/α-hetero) is 1. The molecule has 3 unspecified atom stereocenters. The van der Waals surface area contributed by atoms with Crippen LogP contribution in [0.3, 0.4) is 0 Å². The number of aliphatic hydroxyl groups excluding tert-OH is 1. The van der Waals surface area contributed by atoms with Crippen LogP contribution in [0.1, 0.15) is 32.6 Å². The van der Waals surface area contributed by atoms with Crippen molar-refractivity contribution in [3.8, 4) is 0 Å².